The molecule has 0 atom stereocenters. The minimum absolute atomic E-state index is 0.0424. The Morgan fingerprint density at radius 2 is 2.18 bits per heavy atom. The molecule has 1 aromatic rings. The van der Waals surface area contributed by atoms with E-state index in [0.29, 0.717) is 6.42 Å². The molecule has 0 saturated heterocycles. The molecule has 0 radical (unpaired) electrons. The van der Waals surface area contributed by atoms with Crippen LogP contribution in [0.2, 0.25) is 5.02 Å². The van der Waals surface area contributed by atoms with Crippen LogP contribution in [0.3, 0.4) is 0 Å². The predicted octanol–water partition coefficient (Wildman–Crippen LogP) is 2.51. The van der Waals surface area contributed by atoms with E-state index in [4.69, 9.17) is 17.3 Å². The second-order valence-electron chi connectivity index (χ2n) is 3.30. The Kier molecular flexibility index (Phi) is 4.77. The fraction of sp³-hybridized carbons (Fsp3) is 0.333. The Labute approximate surface area is 113 Å². The van der Waals surface area contributed by atoms with Crippen LogP contribution in [-0.2, 0) is 10.0 Å². The van der Waals surface area contributed by atoms with E-state index >= 15 is 0 Å². The van der Waals surface area contributed by atoms with E-state index < -0.39 is 20.7 Å². The van der Waals surface area contributed by atoms with Crippen molar-refractivity contribution in [1.29, 1.82) is 0 Å². The zero-order chi connectivity index (χ0) is 13.2. The van der Waals surface area contributed by atoms with Crippen LogP contribution < -0.4 is 10.5 Å². The molecule has 0 aliphatic heterocycles. The number of anilines is 1. The van der Waals surface area contributed by atoms with Gasteiger partial charge in [-0.05, 0) is 28.4 Å². The fourth-order valence-electron chi connectivity index (χ4n) is 1.11. The molecule has 4 nitrogen and oxygen atoms in total. The van der Waals surface area contributed by atoms with Crippen LogP contribution in [0.25, 0.3) is 0 Å². The lowest BCUT2D eigenvalue weighted by Crippen LogP contribution is -2.25. The summed E-state index contributed by atoms with van der Waals surface area (Å²) in [5.74, 6) is -1.01. The highest BCUT2D eigenvalue weighted by atomic mass is 79.9. The van der Waals surface area contributed by atoms with Crippen LogP contribution in [0.15, 0.2) is 15.4 Å². The molecule has 1 rings (SSSR count). The number of benzene rings is 1. The van der Waals surface area contributed by atoms with Crippen molar-refractivity contribution in [2.24, 2.45) is 0 Å². The van der Waals surface area contributed by atoms with Crippen molar-refractivity contribution >= 4 is 43.2 Å². The van der Waals surface area contributed by atoms with Gasteiger partial charge in [0.15, 0.2) is 5.82 Å². The third kappa shape index (κ3) is 3.09. The van der Waals surface area contributed by atoms with Gasteiger partial charge in [-0.15, -0.1) is 0 Å². The number of hydrogen-bond donors (Lipinski definition) is 2. The van der Waals surface area contributed by atoms with Crippen LogP contribution in [0.5, 0.6) is 0 Å². The standard InChI is InChI=1S/C9H11BrClFN2O2S/c1-2-3-14-17(15,16)6-4-5(11)7(10)9(13)8(6)12/h4,14H,2-3,13H2,1H3. The molecule has 0 heterocycles. The molecule has 0 aliphatic carbocycles. The van der Waals surface area contributed by atoms with Crippen LogP contribution in [0.4, 0.5) is 10.1 Å². The van der Waals surface area contributed by atoms with Gasteiger partial charge in [0.25, 0.3) is 0 Å². The second kappa shape index (κ2) is 5.51. The molecular weight excluding hydrogens is 335 g/mol. The van der Waals surface area contributed by atoms with E-state index in [9.17, 15) is 12.8 Å². The Morgan fingerprint density at radius 3 is 2.71 bits per heavy atom. The quantitative estimate of drug-likeness (QED) is 0.650. The molecule has 1 aromatic carbocycles. The van der Waals surface area contributed by atoms with E-state index in [2.05, 4.69) is 20.7 Å². The highest BCUT2D eigenvalue weighted by Crippen LogP contribution is 2.34. The summed E-state index contributed by atoms with van der Waals surface area (Å²) in [5, 5.41) is 0.0424. The predicted molar refractivity (Wildman–Crippen MR) is 69.0 cm³/mol. The third-order valence-corrected chi connectivity index (χ3v) is 4.83. The van der Waals surface area contributed by atoms with Gasteiger partial charge in [-0.1, -0.05) is 18.5 Å². The molecule has 96 valence electrons. The number of sulfonamides is 1. The van der Waals surface area contributed by atoms with Crippen molar-refractivity contribution in [1.82, 2.24) is 4.72 Å². The van der Waals surface area contributed by atoms with Crippen LogP contribution in [0, 0.1) is 5.82 Å². The summed E-state index contributed by atoms with van der Waals surface area (Å²) < 4.78 is 39.6. The highest BCUT2D eigenvalue weighted by Gasteiger charge is 2.23. The number of hydrogen-bond acceptors (Lipinski definition) is 3. The van der Waals surface area contributed by atoms with E-state index in [1.165, 1.54) is 0 Å². The third-order valence-electron chi connectivity index (χ3n) is 1.99. The molecule has 0 aromatic heterocycles. The average Bonchev–Trinajstić information content (AvgIpc) is 2.28. The van der Waals surface area contributed by atoms with E-state index in [1.54, 1.807) is 6.92 Å². The minimum atomic E-state index is -3.93. The second-order valence-corrected chi connectivity index (χ2v) is 6.23. The maximum atomic E-state index is 13.7. The van der Waals surface area contributed by atoms with Gasteiger partial charge in [-0.3, -0.25) is 0 Å². The van der Waals surface area contributed by atoms with Gasteiger partial charge in [0.2, 0.25) is 10.0 Å². The molecule has 17 heavy (non-hydrogen) atoms. The van der Waals surface area contributed by atoms with Gasteiger partial charge < -0.3 is 5.73 Å². The summed E-state index contributed by atoms with van der Waals surface area (Å²) in [6.45, 7) is 2.01. The first-order valence-corrected chi connectivity index (χ1v) is 7.39. The largest absolute Gasteiger partial charge is 0.395 e. The first-order valence-electron chi connectivity index (χ1n) is 4.74. The lowest BCUT2D eigenvalue weighted by atomic mass is 10.3. The summed E-state index contributed by atoms with van der Waals surface area (Å²) >= 11 is 8.72. The van der Waals surface area contributed by atoms with Gasteiger partial charge in [0.1, 0.15) is 4.90 Å². The average molecular weight is 346 g/mol. The topological polar surface area (TPSA) is 72.2 Å². The lowest BCUT2D eigenvalue weighted by molar-refractivity contribution is 0.558. The van der Waals surface area contributed by atoms with Gasteiger partial charge in [-0.25, -0.2) is 17.5 Å². The van der Waals surface area contributed by atoms with Crippen LogP contribution in [-0.4, -0.2) is 15.0 Å². The van der Waals surface area contributed by atoms with Crippen molar-refractivity contribution in [2.45, 2.75) is 18.2 Å². The number of nitrogen functional groups attached to an aromatic ring is 1. The molecular formula is C9H11BrClFN2O2S. The minimum Gasteiger partial charge on any atom is -0.395 e. The molecule has 0 aliphatic rings. The zero-order valence-electron chi connectivity index (χ0n) is 8.93. The summed E-state index contributed by atoms with van der Waals surface area (Å²) in [5.41, 5.74) is 5.09. The molecule has 0 spiro atoms. The summed E-state index contributed by atoms with van der Waals surface area (Å²) in [4.78, 5) is -0.545. The zero-order valence-corrected chi connectivity index (χ0v) is 12.1. The maximum absolute atomic E-state index is 13.7. The van der Waals surface area contributed by atoms with Crippen molar-refractivity contribution in [2.75, 3.05) is 12.3 Å². The maximum Gasteiger partial charge on any atom is 0.243 e. The molecule has 0 amide bonds. The highest BCUT2D eigenvalue weighted by molar-refractivity contribution is 9.10. The number of rotatable bonds is 4. The molecule has 8 heteroatoms. The van der Waals surface area contributed by atoms with Gasteiger partial charge >= 0.3 is 0 Å². The Hall–Kier alpha value is -0.370. The molecule has 0 unspecified atom stereocenters. The normalized spacial score (nSPS) is 11.8. The van der Waals surface area contributed by atoms with E-state index in [-0.39, 0.29) is 21.7 Å². The molecule has 0 fully saturated rings. The van der Waals surface area contributed by atoms with E-state index in [1.807, 2.05) is 0 Å². The van der Waals surface area contributed by atoms with Crippen molar-refractivity contribution in [3.63, 3.8) is 0 Å². The first-order chi connectivity index (χ1) is 7.81. The molecule has 0 saturated carbocycles. The van der Waals surface area contributed by atoms with Gasteiger partial charge in [0.05, 0.1) is 15.2 Å². The monoisotopic (exact) mass is 344 g/mol. The Morgan fingerprint density at radius 1 is 1.59 bits per heavy atom. The first kappa shape index (κ1) is 14.7. The van der Waals surface area contributed by atoms with Crippen molar-refractivity contribution in [3.05, 3.63) is 21.4 Å². The number of nitrogens with one attached hydrogen (secondary N) is 1. The number of nitrogens with two attached hydrogens (primary N) is 1. The molecule has 0 bridgehead atoms. The fourth-order valence-corrected chi connectivity index (χ4v) is 2.92. The summed E-state index contributed by atoms with van der Waals surface area (Å²) in [6.07, 6.45) is 0.598. The summed E-state index contributed by atoms with van der Waals surface area (Å²) in [7, 11) is -3.93. The molecule has 3 N–H and O–H groups in total. The summed E-state index contributed by atoms with van der Waals surface area (Å²) in [6, 6.07) is 1.02. The Bertz CT molecular complexity index is 536. The lowest BCUT2D eigenvalue weighted by Gasteiger charge is -2.10. The number of halogens is 3. The van der Waals surface area contributed by atoms with Gasteiger partial charge in [0, 0.05) is 6.54 Å². The smallest absolute Gasteiger partial charge is 0.243 e. The van der Waals surface area contributed by atoms with Crippen LogP contribution in [0.1, 0.15) is 13.3 Å². The van der Waals surface area contributed by atoms with Crippen LogP contribution >= 0.6 is 27.5 Å². The van der Waals surface area contributed by atoms with Crippen molar-refractivity contribution in [3.8, 4) is 0 Å². The van der Waals surface area contributed by atoms with Crippen molar-refractivity contribution < 1.29 is 12.8 Å². The Balaban J connectivity index is 3.33. The van der Waals surface area contributed by atoms with Gasteiger partial charge in [-0.2, -0.15) is 0 Å². The van der Waals surface area contributed by atoms with E-state index in [0.717, 1.165) is 6.07 Å². The SMILES string of the molecule is CCCNS(=O)(=O)c1cc(Cl)c(Br)c(N)c1F.